The molecule has 0 spiro atoms. The van der Waals surface area contributed by atoms with Crippen LogP contribution in [0.3, 0.4) is 0 Å². The van der Waals surface area contributed by atoms with Crippen molar-refractivity contribution >= 4 is 23.2 Å². The minimum absolute atomic E-state index is 0.389. The highest BCUT2D eigenvalue weighted by atomic mass is 35.5. The number of ether oxygens (including phenoxy) is 1. The van der Waals surface area contributed by atoms with Crippen molar-refractivity contribution in [2.75, 3.05) is 13.6 Å². The van der Waals surface area contributed by atoms with Crippen molar-refractivity contribution in [1.82, 2.24) is 5.32 Å². The zero-order chi connectivity index (χ0) is 12.3. The number of rotatable bonds is 5. The second-order valence-corrected chi connectivity index (χ2v) is 5.41. The van der Waals surface area contributed by atoms with Crippen LogP contribution in [0.25, 0.3) is 0 Å². The zero-order valence-electron chi connectivity index (χ0n) is 9.88. The van der Waals surface area contributed by atoms with Gasteiger partial charge in [-0.3, -0.25) is 0 Å². The molecule has 1 aromatic carbocycles. The number of halogens is 2. The van der Waals surface area contributed by atoms with Crippen molar-refractivity contribution in [3.63, 3.8) is 0 Å². The average molecular weight is 274 g/mol. The van der Waals surface area contributed by atoms with Crippen molar-refractivity contribution in [3.05, 3.63) is 33.8 Å². The van der Waals surface area contributed by atoms with E-state index in [1.807, 2.05) is 19.2 Å². The molecule has 1 aromatic rings. The molecular weight excluding hydrogens is 257 g/mol. The van der Waals surface area contributed by atoms with Crippen molar-refractivity contribution in [2.24, 2.45) is 5.92 Å². The molecule has 2 rings (SSSR count). The SMILES string of the molecule is CNCC1CC(OCc2ccc(Cl)cc2Cl)C1. The third-order valence-electron chi connectivity index (χ3n) is 3.17. The predicted molar refractivity (Wildman–Crippen MR) is 71.7 cm³/mol. The van der Waals surface area contributed by atoms with Gasteiger partial charge in [0.2, 0.25) is 0 Å². The molecule has 2 nitrogen and oxygen atoms in total. The Balaban J connectivity index is 1.76. The molecule has 0 bridgehead atoms. The first-order valence-electron chi connectivity index (χ1n) is 5.89. The minimum atomic E-state index is 0.389. The van der Waals surface area contributed by atoms with E-state index in [0.29, 0.717) is 22.8 Å². The Labute approximate surface area is 112 Å². The lowest BCUT2D eigenvalue weighted by Crippen LogP contribution is -2.36. The summed E-state index contributed by atoms with van der Waals surface area (Å²) in [5.41, 5.74) is 1.01. The fraction of sp³-hybridized carbons (Fsp3) is 0.538. The molecule has 0 aromatic heterocycles. The van der Waals surface area contributed by atoms with E-state index in [2.05, 4.69) is 5.32 Å². The quantitative estimate of drug-likeness (QED) is 0.887. The van der Waals surface area contributed by atoms with E-state index in [1.165, 1.54) is 0 Å². The van der Waals surface area contributed by atoms with Crippen LogP contribution < -0.4 is 5.32 Å². The van der Waals surface area contributed by atoms with Gasteiger partial charge in [-0.25, -0.2) is 0 Å². The van der Waals surface area contributed by atoms with E-state index >= 15 is 0 Å². The highest BCUT2D eigenvalue weighted by Gasteiger charge is 2.29. The highest BCUT2D eigenvalue weighted by molar-refractivity contribution is 6.35. The van der Waals surface area contributed by atoms with Crippen molar-refractivity contribution in [1.29, 1.82) is 0 Å². The Morgan fingerprint density at radius 1 is 1.35 bits per heavy atom. The Bertz CT molecular complexity index is 378. The highest BCUT2D eigenvalue weighted by Crippen LogP contribution is 2.31. The summed E-state index contributed by atoms with van der Waals surface area (Å²) < 4.78 is 5.81. The van der Waals surface area contributed by atoms with Crippen LogP contribution in [-0.2, 0) is 11.3 Å². The Hall–Kier alpha value is -0.280. The molecule has 0 saturated heterocycles. The van der Waals surface area contributed by atoms with Gasteiger partial charge in [-0.05, 0) is 50.0 Å². The van der Waals surface area contributed by atoms with Gasteiger partial charge in [0, 0.05) is 10.0 Å². The van der Waals surface area contributed by atoms with Gasteiger partial charge in [-0.2, -0.15) is 0 Å². The molecule has 0 amide bonds. The van der Waals surface area contributed by atoms with Crippen LogP contribution in [0.4, 0.5) is 0 Å². The van der Waals surface area contributed by atoms with E-state index in [4.69, 9.17) is 27.9 Å². The minimum Gasteiger partial charge on any atom is -0.373 e. The summed E-state index contributed by atoms with van der Waals surface area (Å²) >= 11 is 11.9. The molecule has 0 atom stereocenters. The van der Waals surface area contributed by atoms with Crippen LogP contribution in [0.5, 0.6) is 0 Å². The number of hydrogen-bond acceptors (Lipinski definition) is 2. The van der Waals surface area contributed by atoms with Gasteiger partial charge in [0.1, 0.15) is 0 Å². The van der Waals surface area contributed by atoms with E-state index in [1.54, 1.807) is 6.07 Å². The summed E-state index contributed by atoms with van der Waals surface area (Å²) in [4.78, 5) is 0. The molecule has 1 aliphatic rings. The summed E-state index contributed by atoms with van der Waals surface area (Å²) in [5, 5.41) is 4.54. The third-order valence-corrected chi connectivity index (χ3v) is 3.76. The lowest BCUT2D eigenvalue weighted by atomic mass is 9.82. The predicted octanol–water partition coefficient (Wildman–Crippen LogP) is 3.51. The smallest absolute Gasteiger partial charge is 0.0735 e. The molecule has 0 aliphatic heterocycles. The second kappa shape index (κ2) is 6.05. The van der Waals surface area contributed by atoms with E-state index < -0.39 is 0 Å². The van der Waals surface area contributed by atoms with E-state index in [-0.39, 0.29) is 0 Å². The maximum absolute atomic E-state index is 6.08. The fourth-order valence-electron chi connectivity index (χ4n) is 2.11. The molecular formula is C13H17Cl2NO. The molecule has 0 radical (unpaired) electrons. The lowest BCUT2D eigenvalue weighted by molar-refractivity contribution is -0.0390. The van der Waals surface area contributed by atoms with Crippen molar-refractivity contribution in [2.45, 2.75) is 25.6 Å². The van der Waals surface area contributed by atoms with Gasteiger partial charge in [-0.15, -0.1) is 0 Å². The summed E-state index contributed by atoms with van der Waals surface area (Å²) in [7, 11) is 1.99. The molecule has 1 fully saturated rings. The monoisotopic (exact) mass is 273 g/mol. The van der Waals surface area contributed by atoms with Gasteiger partial charge < -0.3 is 10.1 Å². The van der Waals surface area contributed by atoms with Crippen molar-refractivity contribution in [3.8, 4) is 0 Å². The zero-order valence-corrected chi connectivity index (χ0v) is 11.4. The Morgan fingerprint density at radius 3 is 2.76 bits per heavy atom. The van der Waals surface area contributed by atoms with E-state index in [9.17, 15) is 0 Å². The first kappa shape index (κ1) is 13.2. The van der Waals surface area contributed by atoms with Crippen LogP contribution in [-0.4, -0.2) is 19.7 Å². The first-order valence-corrected chi connectivity index (χ1v) is 6.64. The van der Waals surface area contributed by atoms with Crippen LogP contribution in [0.2, 0.25) is 10.0 Å². The molecule has 0 heterocycles. The van der Waals surface area contributed by atoms with E-state index in [0.717, 1.165) is 30.9 Å². The van der Waals surface area contributed by atoms with Gasteiger partial charge in [0.15, 0.2) is 0 Å². The van der Waals surface area contributed by atoms with Crippen LogP contribution >= 0.6 is 23.2 Å². The number of benzene rings is 1. The molecule has 1 N–H and O–H groups in total. The topological polar surface area (TPSA) is 21.3 Å². The number of nitrogens with one attached hydrogen (secondary N) is 1. The first-order chi connectivity index (χ1) is 8.19. The van der Waals surface area contributed by atoms with Crippen LogP contribution in [0.1, 0.15) is 18.4 Å². The van der Waals surface area contributed by atoms with Gasteiger partial charge >= 0.3 is 0 Å². The summed E-state index contributed by atoms with van der Waals surface area (Å²) in [6.07, 6.45) is 2.68. The average Bonchev–Trinajstić information content (AvgIpc) is 2.23. The maximum atomic E-state index is 6.08. The van der Waals surface area contributed by atoms with Crippen molar-refractivity contribution < 1.29 is 4.74 Å². The fourth-order valence-corrected chi connectivity index (χ4v) is 2.58. The molecule has 1 saturated carbocycles. The van der Waals surface area contributed by atoms with Gasteiger partial charge in [-0.1, -0.05) is 29.3 Å². The van der Waals surface area contributed by atoms with Crippen LogP contribution in [0, 0.1) is 5.92 Å². The number of hydrogen-bond donors (Lipinski definition) is 1. The van der Waals surface area contributed by atoms with Gasteiger partial charge in [0.25, 0.3) is 0 Å². The molecule has 0 unspecified atom stereocenters. The second-order valence-electron chi connectivity index (χ2n) is 4.56. The summed E-state index contributed by atoms with van der Waals surface area (Å²) in [5.74, 6) is 0.769. The Morgan fingerprint density at radius 2 is 2.12 bits per heavy atom. The third kappa shape index (κ3) is 3.59. The molecule has 1 aliphatic carbocycles. The molecule has 17 heavy (non-hydrogen) atoms. The largest absolute Gasteiger partial charge is 0.373 e. The Kier molecular flexibility index (Phi) is 4.69. The van der Waals surface area contributed by atoms with Crippen LogP contribution in [0.15, 0.2) is 18.2 Å². The normalized spacial score (nSPS) is 23.5. The maximum Gasteiger partial charge on any atom is 0.0735 e. The van der Waals surface area contributed by atoms with Gasteiger partial charge in [0.05, 0.1) is 12.7 Å². The lowest BCUT2D eigenvalue weighted by Gasteiger charge is -2.35. The standard InChI is InChI=1S/C13H17Cl2NO/c1-16-7-9-4-12(5-9)17-8-10-2-3-11(14)6-13(10)15/h2-3,6,9,12,16H,4-5,7-8H2,1H3. The summed E-state index contributed by atoms with van der Waals surface area (Å²) in [6, 6.07) is 5.53. The molecule has 94 valence electrons. The summed E-state index contributed by atoms with van der Waals surface area (Å²) in [6.45, 7) is 1.66. The molecule has 4 heteroatoms.